The smallest absolute Gasteiger partial charge is 0.410 e. The fraction of sp³-hybridized carbons (Fsp3) is 0.611. The number of carbonyl (C=O) groups excluding carboxylic acids is 1. The minimum Gasteiger partial charge on any atom is -0.490 e. The Morgan fingerprint density at radius 2 is 1.78 bits per heavy atom. The third kappa shape index (κ3) is 5.34. The van der Waals surface area contributed by atoms with Crippen LogP contribution in [-0.2, 0) is 4.74 Å². The van der Waals surface area contributed by atoms with Crippen molar-refractivity contribution in [2.75, 3.05) is 19.7 Å². The van der Waals surface area contributed by atoms with Gasteiger partial charge in [0.2, 0.25) is 0 Å². The van der Waals surface area contributed by atoms with Crippen molar-refractivity contribution < 1.29 is 19.0 Å². The monoisotopic (exact) mass is 321 g/mol. The van der Waals surface area contributed by atoms with Crippen molar-refractivity contribution in [3.05, 3.63) is 24.3 Å². The summed E-state index contributed by atoms with van der Waals surface area (Å²) in [6.07, 6.45) is 1.43. The molecule has 1 amide bonds. The second kappa shape index (κ2) is 7.57. The standard InChI is InChI=1S/C18H27NO4/c1-5-21-15-8-6-7-9-16(15)22-14-10-12-19(13-11-14)17(20)23-18(2,3)4/h6-9,14H,5,10-13H2,1-4H3. The zero-order valence-electron chi connectivity index (χ0n) is 14.5. The van der Waals surface area contributed by atoms with Crippen LogP contribution in [0.4, 0.5) is 4.79 Å². The van der Waals surface area contributed by atoms with Crippen LogP contribution < -0.4 is 9.47 Å². The number of likely N-dealkylation sites (tertiary alicyclic amines) is 1. The molecule has 1 aliphatic rings. The molecule has 1 aromatic rings. The summed E-state index contributed by atoms with van der Waals surface area (Å²) in [6, 6.07) is 7.70. The van der Waals surface area contributed by atoms with E-state index in [1.165, 1.54) is 0 Å². The number of benzene rings is 1. The Hall–Kier alpha value is -1.91. The quantitative estimate of drug-likeness (QED) is 0.845. The number of hydrogen-bond acceptors (Lipinski definition) is 4. The van der Waals surface area contributed by atoms with Gasteiger partial charge in [-0.1, -0.05) is 12.1 Å². The molecule has 1 heterocycles. The summed E-state index contributed by atoms with van der Waals surface area (Å²) in [5.41, 5.74) is -0.457. The van der Waals surface area contributed by atoms with Gasteiger partial charge in [-0.3, -0.25) is 0 Å². The molecule has 0 aliphatic carbocycles. The number of para-hydroxylation sites is 2. The van der Waals surface area contributed by atoms with Crippen LogP contribution in [0.3, 0.4) is 0 Å². The van der Waals surface area contributed by atoms with Gasteiger partial charge in [0.1, 0.15) is 11.7 Å². The lowest BCUT2D eigenvalue weighted by atomic mass is 10.1. The molecule has 1 fully saturated rings. The second-order valence-electron chi connectivity index (χ2n) is 6.66. The summed E-state index contributed by atoms with van der Waals surface area (Å²) in [7, 11) is 0. The molecular weight excluding hydrogens is 294 g/mol. The summed E-state index contributed by atoms with van der Waals surface area (Å²) in [5.74, 6) is 1.54. The first-order valence-corrected chi connectivity index (χ1v) is 8.25. The molecule has 1 aliphatic heterocycles. The largest absolute Gasteiger partial charge is 0.490 e. The summed E-state index contributed by atoms with van der Waals surface area (Å²) in [6.45, 7) is 9.50. The minimum atomic E-state index is -0.457. The van der Waals surface area contributed by atoms with Crippen molar-refractivity contribution in [1.29, 1.82) is 0 Å². The van der Waals surface area contributed by atoms with Crippen LogP contribution in [0.15, 0.2) is 24.3 Å². The van der Waals surface area contributed by atoms with E-state index in [-0.39, 0.29) is 12.2 Å². The van der Waals surface area contributed by atoms with Crippen LogP contribution in [0.25, 0.3) is 0 Å². The zero-order valence-corrected chi connectivity index (χ0v) is 14.5. The third-order valence-electron chi connectivity index (χ3n) is 3.54. The van der Waals surface area contributed by atoms with Gasteiger partial charge in [0.05, 0.1) is 6.61 Å². The van der Waals surface area contributed by atoms with Crippen molar-refractivity contribution >= 4 is 6.09 Å². The normalized spacial score (nSPS) is 16.1. The SMILES string of the molecule is CCOc1ccccc1OC1CCN(C(=O)OC(C)(C)C)CC1. The minimum absolute atomic E-state index is 0.0929. The highest BCUT2D eigenvalue weighted by Crippen LogP contribution is 2.29. The van der Waals surface area contributed by atoms with Crippen molar-refractivity contribution in [3.8, 4) is 11.5 Å². The summed E-state index contributed by atoms with van der Waals surface area (Å²) < 4.78 is 17.1. The van der Waals surface area contributed by atoms with Crippen LogP contribution in [0.2, 0.25) is 0 Å². The Bertz CT molecular complexity index is 516. The predicted octanol–water partition coefficient (Wildman–Crippen LogP) is 3.86. The van der Waals surface area contributed by atoms with Crippen molar-refractivity contribution in [3.63, 3.8) is 0 Å². The number of ether oxygens (including phenoxy) is 3. The Morgan fingerprint density at radius 3 is 2.35 bits per heavy atom. The lowest BCUT2D eigenvalue weighted by molar-refractivity contribution is 0.0124. The number of rotatable bonds is 4. The van der Waals surface area contributed by atoms with Gasteiger partial charge >= 0.3 is 6.09 Å². The molecule has 5 heteroatoms. The van der Waals surface area contributed by atoms with Crippen molar-refractivity contribution in [1.82, 2.24) is 4.90 Å². The van der Waals surface area contributed by atoms with Crippen LogP contribution >= 0.6 is 0 Å². The molecule has 1 aromatic carbocycles. The molecule has 0 atom stereocenters. The van der Waals surface area contributed by atoms with Gasteiger partial charge in [0.15, 0.2) is 11.5 Å². The highest BCUT2D eigenvalue weighted by Gasteiger charge is 2.28. The predicted molar refractivity (Wildman–Crippen MR) is 89.1 cm³/mol. The van der Waals surface area contributed by atoms with E-state index in [1.54, 1.807) is 4.90 Å². The molecule has 0 radical (unpaired) electrons. The molecule has 0 unspecified atom stereocenters. The lowest BCUT2D eigenvalue weighted by Gasteiger charge is -2.33. The van der Waals surface area contributed by atoms with E-state index in [0.29, 0.717) is 19.7 Å². The number of amides is 1. The average molecular weight is 321 g/mol. The van der Waals surface area contributed by atoms with Gasteiger partial charge in [-0.15, -0.1) is 0 Å². The first kappa shape index (κ1) is 17.4. The summed E-state index contributed by atoms with van der Waals surface area (Å²) in [4.78, 5) is 13.8. The Labute approximate surface area is 138 Å². The van der Waals surface area contributed by atoms with E-state index in [1.807, 2.05) is 52.0 Å². The maximum Gasteiger partial charge on any atom is 0.410 e. The Balaban J connectivity index is 1.87. The van der Waals surface area contributed by atoms with E-state index in [9.17, 15) is 4.79 Å². The van der Waals surface area contributed by atoms with Gasteiger partial charge in [0, 0.05) is 25.9 Å². The van der Waals surface area contributed by atoms with Gasteiger partial charge < -0.3 is 19.1 Å². The molecule has 0 saturated carbocycles. The topological polar surface area (TPSA) is 48.0 Å². The third-order valence-corrected chi connectivity index (χ3v) is 3.54. The van der Waals surface area contributed by atoms with Gasteiger partial charge in [-0.05, 0) is 39.8 Å². The van der Waals surface area contributed by atoms with E-state index in [4.69, 9.17) is 14.2 Å². The maximum atomic E-state index is 12.1. The Kier molecular flexibility index (Phi) is 5.74. The molecule has 0 N–H and O–H groups in total. The Morgan fingerprint density at radius 1 is 1.17 bits per heavy atom. The van der Waals surface area contributed by atoms with E-state index < -0.39 is 5.60 Å². The van der Waals surface area contributed by atoms with Gasteiger partial charge in [-0.25, -0.2) is 4.79 Å². The number of nitrogens with zero attached hydrogens (tertiary/aromatic N) is 1. The van der Waals surface area contributed by atoms with Gasteiger partial charge in [0.25, 0.3) is 0 Å². The summed E-state index contributed by atoms with van der Waals surface area (Å²) >= 11 is 0. The second-order valence-corrected chi connectivity index (χ2v) is 6.66. The number of piperidine rings is 1. The molecular formula is C18H27NO4. The van der Waals surface area contributed by atoms with Crippen LogP contribution in [0.5, 0.6) is 11.5 Å². The van der Waals surface area contributed by atoms with Gasteiger partial charge in [-0.2, -0.15) is 0 Å². The molecule has 0 spiro atoms. The van der Waals surface area contributed by atoms with Crippen LogP contribution in [0.1, 0.15) is 40.5 Å². The fourth-order valence-electron chi connectivity index (χ4n) is 2.48. The van der Waals surface area contributed by atoms with E-state index in [0.717, 1.165) is 24.3 Å². The lowest BCUT2D eigenvalue weighted by Crippen LogP contribution is -2.44. The maximum absolute atomic E-state index is 12.1. The molecule has 0 bridgehead atoms. The number of carbonyl (C=O) groups is 1. The number of hydrogen-bond donors (Lipinski definition) is 0. The molecule has 0 aromatic heterocycles. The molecule has 23 heavy (non-hydrogen) atoms. The molecule has 2 rings (SSSR count). The molecule has 5 nitrogen and oxygen atoms in total. The highest BCUT2D eigenvalue weighted by atomic mass is 16.6. The van der Waals surface area contributed by atoms with Crippen molar-refractivity contribution in [2.24, 2.45) is 0 Å². The summed E-state index contributed by atoms with van der Waals surface area (Å²) in [5, 5.41) is 0. The first-order valence-electron chi connectivity index (χ1n) is 8.25. The fourth-order valence-corrected chi connectivity index (χ4v) is 2.48. The molecule has 128 valence electrons. The molecule has 1 saturated heterocycles. The average Bonchev–Trinajstić information content (AvgIpc) is 2.48. The van der Waals surface area contributed by atoms with Crippen LogP contribution in [0, 0.1) is 0 Å². The van der Waals surface area contributed by atoms with E-state index in [2.05, 4.69) is 0 Å². The van der Waals surface area contributed by atoms with Crippen LogP contribution in [-0.4, -0.2) is 42.4 Å². The van der Waals surface area contributed by atoms with E-state index >= 15 is 0 Å². The zero-order chi connectivity index (χ0) is 16.9. The van der Waals surface area contributed by atoms with Crippen molar-refractivity contribution in [2.45, 2.75) is 52.2 Å². The highest BCUT2D eigenvalue weighted by molar-refractivity contribution is 5.68. The first-order chi connectivity index (χ1) is 10.9.